The molecule has 1 atom stereocenters. The van der Waals surface area contributed by atoms with Gasteiger partial charge in [-0.15, -0.1) is 0 Å². The largest absolute Gasteiger partial charge is 0.341 e. The van der Waals surface area contributed by atoms with Crippen LogP contribution in [-0.4, -0.2) is 16.5 Å². The van der Waals surface area contributed by atoms with Crippen molar-refractivity contribution in [2.75, 3.05) is 6.54 Å². The number of rotatable bonds is 1. The summed E-state index contributed by atoms with van der Waals surface area (Å²) in [5.41, 5.74) is 3.50. The van der Waals surface area contributed by atoms with Gasteiger partial charge in [0.1, 0.15) is 5.82 Å². The number of imidazole rings is 1. The second kappa shape index (κ2) is 3.35. The molecule has 2 N–H and O–H groups in total. The number of hydrogen-bond acceptors (Lipinski definition) is 2. The molecule has 0 saturated carbocycles. The highest BCUT2D eigenvalue weighted by Crippen LogP contribution is 2.23. The molecule has 1 fully saturated rings. The zero-order valence-corrected chi connectivity index (χ0v) is 8.88. The van der Waals surface area contributed by atoms with Crippen LogP contribution in [0, 0.1) is 6.92 Å². The van der Waals surface area contributed by atoms with Gasteiger partial charge in [0.25, 0.3) is 0 Å². The van der Waals surface area contributed by atoms with Crippen molar-refractivity contribution in [3.63, 3.8) is 0 Å². The maximum absolute atomic E-state index is 4.62. The van der Waals surface area contributed by atoms with E-state index in [9.17, 15) is 0 Å². The molecule has 0 bridgehead atoms. The Kier molecular flexibility index (Phi) is 1.99. The summed E-state index contributed by atoms with van der Waals surface area (Å²) in [6.45, 7) is 3.22. The number of aryl methyl sites for hydroxylation is 1. The molecule has 2 aromatic rings. The Hall–Kier alpha value is -1.35. The van der Waals surface area contributed by atoms with Crippen LogP contribution in [0.2, 0.25) is 0 Å². The first kappa shape index (κ1) is 8.92. The zero-order chi connectivity index (χ0) is 10.3. The molecule has 0 spiro atoms. The van der Waals surface area contributed by atoms with Gasteiger partial charge < -0.3 is 10.3 Å². The van der Waals surface area contributed by atoms with Crippen molar-refractivity contribution in [1.82, 2.24) is 15.3 Å². The number of aromatic nitrogens is 2. The first-order valence-electron chi connectivity index (χ1n) is 5.52. The quantitative estimate of drug-likeness (QED) is 0.743. The van der Waals surface area contributed by atoms with E-state index < -0.39 is 0 Å². The molecule has 0 radical (unpaired) electrons. The van der Waals surface area contributed by atoms with Crippen molar-refractivity contribution in [3.05, 3.63) is 29.6 Å². The molecular weight excluding hydrogens is 186 g/mol. The molecule has 3 heteroatoms. The van der Waals surface area contributed by atoms with Crippen LogP contribution >= 0.6 is 0 Å². The standard InChI is InChI=1S/C12H15N3/c1-8-4-5-9-11(7-8)15-12(14-9)10-3-2-6-13-10/h4-5,7,10,13H,2-3,6H2,1H3,(H,14,15)/t10-/m0/s1. The van der Waals surface area contributed by atoms with E-state index in [2.05, 4.69) is 40.4 Å². The predicted octanol–water partition coefficient (Wildman–Crippen LogP) is 2.30. The molecule has 1 aliphatic heterocycles. The van der Waals surface area contributed by atoms with Crippen LogP contribution in [0.25, 0.3) is 11.0 Å². The van der Waals surface area contributed by atoms with Crippen LogP contribution in [-0.2, 0) is 0 Å². The third kappa shape index (κ3) is 1.53. The minimum absolute atomic E-state index is 0.428. The fourth-order valence-electron chi connectivity index (χ4n) is 2.23. The van der Waals surface area contributed by atoms with Crippen LogP contribution in [0.15, 0.2) is 18.2 Å². The maximum atomic E-state index is 4.62. The van der Waals surface area contributed by atoms with Gasteiger partial charge in [-0.25, -0.2) is 4.98 Å². The summed E-state index contributed by atoms with van der Waals surface area (Å²) in [4.78, 5) is 8.02. The van der Waals surface area contributed by atoms with E-state index in [0.717, 1.165) is 23.4 Å². The second-order valence-electron chi connectivity index (χ2n) is 4.29. The van der Waals surface area contributed by atoms with Crippen molar-refractivity contribution in [2.24, 2.45) is 0 Å². The Morgan fingerprint density at radius 3 is 3.13 bits per heavy atom. The summed E-state index contributed by atoms with van der Waals surface area (Å²) in [6.07, 6.45) is 2.44. The van der Waals surface area contributed by atoms with Crippen LogP contribution in [0.4, 0.5) is 0 Å². The van der Waals surface area contributed by atoms with Gasteiger partial charge in [-0.2, -0.15) is 0 Å². The van der Waals surface area contributed by atoms with Gasteiger partial charge in [0.05, 0.1) is 17.1 Å². The molecule has 1 aromatic heterocycles. The monoisotopic (exact) mass is 201 g/mol. The lowest BCUT2D eigenvalue weighted by Crippen LogP contribution is -2.13. The first-order chi connectivity index (χ1) is 7.33. The summed E-state index contributed by atoms with van der Waals surface area (Å²) < 4.78 is 0. The normalized spacial score (nSPS) is 21.3. The van der Waals surface area contributed by atoms with Gasteiger partial charge in [0.2, 0.25) is 0 Å². The van der Waals surface area contributed by atoms with Gasteiger partial charge in [-0.1, -0.05) is 6.07 Å². The third-order valence-corrected chi connectivity index (χ3v) is 3.05. The molecule has 2 heterocycles. The Labute approximate surface area is 88.9 Å². The highest BCUT2D eigenvalue weighted by molar-refractivity contribution is 5.75. The fraction of sp³-hybridized carbons (Fsp3) is 0.417. The van der Waals surface area contributed by atoms with E-state index in [1.807, 2.05) is 0 Å². The smallest absolute Gasteiger partial charge is 0.124 e. The summed E-state index contributed by atoms with van der Waals surface area (Å²) in [5, 5.41) is 3.45. The first-order valence-corrected chi connectivity index (χ1v) is 5.52. The van der Waals surface area contributed by atoms with Crippen LogP contribution in [0.1, 0.15) is 30.3 Å². The molecule has 0 unspecified atom stereocenters. The van der Waals surface area contributed by atoms with Crippen molar-refractivity contribution < 1.29 is 0 Å². The molecule has 3 nitrogen and oxygen atoms in total. The van der Waals surface area contributed by atoms with Gasteiger partial charge in [-0.05, 0) is 44.0 Å². The van der Waals surface area contributed by atoms with Gasteiger partial charge in [0, 0.05) is 0 Å². The van der Waals surface area contributed by atoms with Crippen LogP contribution < -0.4 is 5.32 Å². The lowest BCUT2D eigenvalue weighted by Gasteiger charge is -2.04. The van der Waals surface area contributed by atoms with Gasteiger partial charge in [-0.3, -0.25) is 0 Å². The SMILES string of the molecule is Cc1ccc2nc([C@@H]3CCCN3)[nH]c2c1. The highest BCUT2D eigenvalue weighted by atomic mass is 15.0. The average molecular weight is 201 g/mol. The zero-order valence-electron chi connectivity index (χ0n) is 8.88. The number of H-pyrrole nitrogens is 1. The maximum Gasteiger partial charge on any atom is 0.124 e. The number of nitrogens with one attached hydrogen (secondary N) is 2. The Morgan fingerprint density at radius 1 is 1.40 bits per heavy atom. The van der Waals surface area contributed by atoms with E-state index in [0.29, 0.717) is 6.04 Å². The van der Waals surface area contributed by atoms with Gasteiger partial charge in [0.15, 0.2) is 0 Å². The summed E-state index contributed by atoms with van der Waals surface area (Å²) in [6, 6.07) is 6.77. The molecule has 1 saturated heterocycles. The number of aromatic amines is 1. The molecule has 0 aliphatic carbocycles. The minimum atomic E-state index is 0.428. The topological polar surface area (TPSA) is 40.7 Å². The summed E-state index contributed by atoms with van der Waals surface area (Å²) in [5.74, 6) is 1.09. The Morgan fingerprint density at radius 2 is 2.33 bits per heavy atom. The molecule has 1 aliphatic rings. The summed E-state index contributed by atoms with van der Waals surface area (Å²) in [7, 11) is 0. The van der Waals surface area contributed by atoms with Crippen molar-refractivity contribution in [2.45, 2.75) is 25.8 Å². The van der Waals surface area contributed by atoms with Crippen LogP contribution in [0.5, 0.6) is 0 Å². The summed E-state index contributed by atoms with van der Waals surface area (Å²) >= 11 is 0. The number of benzene rings is 1. The van der Waals surface area contributed by atoms with Crippen molar-refractivity contribution in [3.8, 4) is 0 Å². The van der Waals surface area contributed by atoms with E-state index in [4.69, 9.17) is 0 Å². The number of nitrogens with zero attached hydrogens (tertiary/aromatic N) is 1. The van der Waals surface area contributed by atoms with Crippen LogP contribution in [0.3, 0.4) is 0 Å². The van der Waals surface area contributed by atoms with E-state index in [1.165, 1.54) is 18.4 Å². The molecule has 78 valence electrons. The lowest BCUT2D eigenvalue weighted by atomic mass is 10.2. The Bertz CT molecular complexity index is 481. The minimum Gasteiger partial charge on any atom is -0.341 e. The lowest BCUT2D eigenvalue weighted by molar-refractivity contribution is 0.614. The van der Waals surface area contributed by atoms with E-state index in [-0.39, 0.29) is 0 Å². The highest BCUT2D eigenvalue weighted by Gasteiger charge is 2.19. The molecular formula is C12H15N3. The van der Waals surface area contributed by atoms with Crippen molar-refractivity contribution in [1.29, 1.82) is 0 Å². The van der Waals surface area contributed by atoms with E-state index >= 15 is 0 Å². The molecule has 1 aromatic carbocycles. The van der Waals surface area contributed by atoms with Crippen molar-refractivity contribution >= 4 is 11.0 Å². The Balaban J connectivity index is 2.05. The third-order valence-electron chi connectivity index (χ3n) is 3.05. The molecule has 15 heavy (non-hydrogen) atoms. The predicted molar refractivity (Wildman–Crippen MR) is 60.8 cm³/mol. The fourth-order valence-corrected chi connectivity index (χ4v) is 2.23. The number of fused-ring (bicyclic) bond motifs is 1. The molecule has 3 rings (SSSR count). The average Bonchev–Trinajstić information content (AvgIpc) is 2.84. The molecule has 0 amide bonds. The van der Waals surface area contributed by atoms with E-state index in [1.54, 1.807) is 0 Å². The van der Waals surface area contributed by atoms with Gasteiger partial charge >= 0.3 is 0 Å². The number of hydrogen-bond donors (Lipinski definition) is 2. The second-order valence-corrected chi connectivity index (χ2v) is 4.29.